The molecule has 0 fully saturated rings. The molecule has 0 aromatic heterocycles. The standard InChI is InChI=1S/C54H39NS/c1-5-18-40(19-6-1)42-32-36-44(37-33-42)55(45-38-34-43(35-39-45)41-20-7-2-8-21-41)51-29-15-13-26-48(51)49-28-17-31-53-54(49)50-27-14-16-30-52(50)56(53,46-22-9-3-10-23-46)47-24-11-4-12-25-47/h1-39H. The third kappa shape index (κ3) is 5.66. The molecule has 0 N–H and O–H groups in total. The highest BCUT2D eigenvalue weighted by molar-refractivity contribution is 8.34. The van der Waals surface area contributed by atoms with Crippen molar-refractivity contribution in [1.29, 1.82) is 0 Å². The van der Waals surface area contributed by atoms with Gasteiger partial charge in [-0.15, -0.1) is 10.0 Å². The van der Waals surface area contributed by atoms with Gasteiger partial charge in [0.1, 0.15) is 0 Å². The van der Waals surface area contributed by atoms with Gasteiger partial charge in [0, 0.05) is 42.1 Å². The monoisotopic (exact) mass is 733 g/mol. The molecule has 0 saturated carbocycles. The Morgan fingerprint density at radius 1 is 0.268 bits per heavy atom. The second kappa shape index (κ2) is 14.4. The number of rotatable bonds is 8. The van der Waals surface area contributed by atoms with Gasteiger partial charge in [0.25, 0.3) is 0 Å². The van der Waals surface area contributed by atoms with E-state index in [4.69, 9.17) is 0 Å². The van der Waals surface area contributed by atoms with Crippen LogP contribution in [-0.2, 0) is 0 Å². The van der Waals surface area contributed by atoms with Crippen LogP contribution in [0.4, 0.5) is 17.1 Å². The maximum Gasteiger partial charge on any atom is 0.0540 e. The van der Waals surface area contributed by atoms with Gasteiger partial charge in [-0.3, -0.25) is 0 Å². The Morgan fingerprint density at radius 3 is 1.20 bits per heavy atom. The van der Waals surface area contributed by atoms with Crippen LogP contribution < -0.4 is 4.90 Å². The number of para-hydroxylation sites is 1. The van der Waals surface area contributed by atoms with Crippen molar-refractivity contribution in [1.82, 2.24) is 0 Å². The molecule has 1 aliphatic rings. The molecular formula is C54H39NS. The van der Waals surface area contributed by atoms with Crippen LogP contribution in [0.15, 0.2) is 256 Å². The minimum atomic E-state index is -1.78. The molecule has 0 radical (unpaired) electrons. The van der Waals surface area contributed by atoms with Crippen molar-refractivity contribution in [2.45, 2.75) is 19.6 Å². The van der Waals surface area contributed by atoms with Gasteiger partial charge in [-0.05, 0) is 100 Å². The molecule has 2 heteroatoms. The number of fused-ring (bicyclic) bond motifs is 3. The lowest BCUT2D eigenvalue weighted by Crippen LogP contribution is -2.11. The fourth-order valence-corrected chi connectivity index (χ4v) is 12.7. The van der Waals surface area contributed by atoms with Crippen LogP contribution in [0.1, 0.15) is 0 Å². The van der Waals surface area contributed by atoms with Crippen molar-refractivity contribution < 1.29 is 0 Å². The number of benzene rings is 9. The van der Waals surface area contributed by atoms with Crippen molar-refractivity contribution >= 4 is 27.1 Å². The molecule has 0 spiro atoms. The van der Waals surface area contributed by atoms with Gasteiger partial charge in [0.2, 0.25) is 0 Å². The van der Waals surface area contributed by atoms with Gasteiger partial charge in [0.15, 0.2) is 0 Å². The fraction of sp³-hybridized carbons (Fsp3) is 0. The molecule has 1 nitrogen and oxygen atoms in total. The minimum absolute atomic E-state index is 1.10. The second-order valence-electron chi connectivity index (χ2n) is 14.1. The maximum atomic E-state index is 2.42. The van der Waals surface area contributed by atoms with Gasteiger partial charge in [-0.1, -0.05) is 170 Å². The number of nitrogens with zero attached hydrogens (tertiary/aromatic N) is 1. The summed E-state index contributed by atoms with van der Waals surface area (Å²) < 4.78 is 0. The van der Waals surface area contributed by atoms with Crippen molar-refractivity contribution in [2.75, 3.05) is 4.90 Å². The lowest BCUT2D eigenvalue weighted by molar-refractivity contribution is 1.28. The van der Waals surface area contributed by atoms with E-state index in [1.165, 1.54) is 64.1 Å². The van der Waals surface area contributed by atoms with Crippen LogP contribution in [0.3, 0.4) is 0 Å². The zero-order valence-electron chi connectivity index (χ0n) is 30.9. The SMILES string of the molecule is c1ccc(-c2ccc(N(c3ccc(-c4ccccc4)cc3)c3ccccc3-c3cccc4c3-c3ccccc3S4(c3ccccc3)c3ccccc3)cc2)cc1. The summed E-state index contributed by atoms with van der Waals surface area (Å²) in [6.07, 6.45) is 0. The molecular weight excluding hydrogens is 695 g/mol. The van der Waals surface area contributed by atoms with E-state index in [1.54, 1.807) is 0 Å². The highest BCUT2D eigenvalue weighted by Gasteiger charge is 2.43. The molecule has 0 bridgehead atoms. The summed E-state index contributed by atoms with van der Waals surface area (Å²) in [5, 5.41) is 0. The molecule has 0 aliphatic carbocycles. The summed E-state index contributed by atoms with van der Waals surface area (Å²) in [6.45, 7) is 0. The van der Waals surface area contributed by atoms with Gasteiger partial charge in [0.05, 0.1) is 5.69 Å². The zero-order chi connectivity index (χ0) is 37.3. The largest absolute Gasteiger partial charge is 0.310 e. The first-order valence-electron chi connectivity index (χ1n) is 19.2. The number of hydrogen-bond acceptors (Lipinski definition) is 1. The molecule has 266 valence electrons. The lowest BCUT2D eigenvalue weighted by atomic mass is 9.93. The molecule has 0 unspecified atom stereocenters. The van der Waals surface area contributed by atoms with Crippen LogP contribution in [0.5, 0.6) is 0 Å². The van der Waals surface area contributed by atoms with E-state index in [2.05, 4.69) is 241 Å². The predicted molar refractivity (Wildman–Crippen MR) is 236 cm³/mol. The quantitative estimate of drug-likeness (QED) is 0.150. The Balaban J connectivity index is 1.19. The Bertz CT molecular complexity index is 2640. The first-order valence-corrected chi connectivity index (χ1v) is 20.8. The third-order valence-electron chi connectivity index (χ3n) is 10.9. The Hall–Kier alpha value is -6.87. The minimum Gasteiger partial charge on any atom is -0.310 e. The third-order valence-corrected chi connectivity index (χ3v) is 14.9. The second-order valence-corrected chi connectivity index (χ2v) is 17.1. The van der Waals surface area contributed by atoms with E-state index in [0.717, 1.165) is 17.1 Å². The van der Waals surface area contributed by atoms with Gasteiger partial charge in [-0.25, -0.2) is 0 Å². The van der Waals surface area contributed by atoms with E-state index in [0.29, 0.717) is 0 Å². The molecule has 0 atom stereocenters. The summed E-state index contributed by atoms with van der Waals surface area (Å²) in [6, 6.07) is 86.6. The lowest BCUT2D eigenvalue weighted by Gasteiger charge is -2.39. The smallest absolute Gasteiger partial charge is 0.0540 e. The average molecular weight is 734 g/mol. The highest BCUT2D eigenvalue weighted by Crippen LogP contribution is 2.80. The fourth-order valence-electron chi connectivity index (χ4n) is 8.43. The maximum absolute atomic E-state index is 2.42. The molecule has 1 aliphatic heterocycles. The molecule has 9 aromatic rings. The topological polar surface area (TPSA) is 3.24 Å². The molecule has 0 saturated heterocycles. The van der Waals surface area contributed by atoms with E-state index < -0.39 is 10.0 Å². The van der Waals surface area contributed by atoms with Crippen LogP contribution in [0.25, 0.3) is 44.5 Å². The molecule has 9 aromatic carbocycles. The average Bonchev–Trinajstić information content (AvgIpc) is 3.60. The summed E-state index contributed by atoms with van der Waals surface area (Å²) in [4.78, 5) is 7.90. The van der Waals surface area contributed by atoms with Crippen molar-refractivity contribution in [3.8, 4) is 44.5 Å². The highest BCUT2D eigenvalue weighted by atomic mass is 32.3. The van der Waals surface area contributed by atoms with Gasteiger partial charge in [-0.2, -0.15) is 0 Å². The molecule has 10 rings (SSSR count). The Morgan fingerprint density at radius 2 is 0.661 bits per heavy atom. The molecule has 0 amide bonds. The Labute approximate surface area is 331 Å². The summed E-state index contributed by atoms with van der Waals surface area (Å²) >= 11 is 0. The van der Waals surface area contributed by atoms with E-state index in [1.807, 2.05) is 0 Å². The van der Waals surface area contributed by atoms with E-state index >= 15 is 0 Å². The van der Waals surface area contributed by atoms with Gasteiger partial charge < -0.3 is 4.90 Å². The first-order chi connectivity index (χ1) is 27.8. The number of hydrogen-bond donors (Lipinski definition) is 0. The summed E-state index contributed by atoms with van der Waals surface area (Å²) in [7, 11) is -1.78. The summed E-state index contributed by atoms with van der Waals surface area (Å²) in [5.41, 5.74) is 13.2. The van der Waals surface area contributed by atoms with Crippen LogP contribution >= 0.6 is 10.0 Å². The van der Waals surface area contributed by atoms with Crippen LogP contribution in [0.2, 0.25) is 0 Å². The van der Waals surface area contributed by atoms with Crippen molar-refractivity contribution in [2.24, 2.45) is 0 Å². The van der Waals surface area contributed by atoms with Gasteiger partial charge >= 0.3 is 0 Å². The zero-order valence-corrected chi connectivity index (χ0v) is 31.7. The molecule has 56 heavy (non-hydrogen) atoms. The van der Waals surface area contributed by atoms with E-state index in [-0.39, 0.29) is 0 Å². The normalized spacial score (nSPS) is 13.0. The van der Waals surface area contributed by atoms with Crippen LogP contribution in [0, 0.1) is 0 Å². The van der Waals surface area contributed by atoms with E-state index in [9.17, 15) is 0 Å². The van der Waals surface area contributed by atoms with Crippen molar-refractivity contribution in [3.63, 3.8) is 0 Å². The predicted octanol–water partition coefficient (Wildman–Crippen LogP) is 15.5. The Kier molecular flexibility index (Phi) is 8.67. The van der Waals surface area contributed by atoms with Crippen LogP contribution in [-0.4, -0.2) is 0 Å². The number of anilines is 3. The first kappa shape index (κ1) is 33.7. The van der Waals surface area contributed by atoms with Crippen molar-refractivity contribution in [3.05, 3.63) is 237 Å². The molecule has 1 heterocycles. The summed E-state index contributed by atoms with van der Waals surface area (Å²) in [5.74, 6) is 0.